The molecule has 1 heterocycles. The van der Waals surface area contributed by atoms with Crippen LogP contribution in [0.25, 0.3) is 0 Å². The molecule has 40 valence electrons. The smallest absolute Gasteiger partial charge is 0.0406 e. The third kappa shape index (κ3) is 3.76. The molecular formula is C4H6ClNS. The topological polar surface area (TPSA) is 12.9 Å². The molecule has 1 nitrogen and oxygen atoms in total. The maximum atomic E-state index is 4.64. The van der Waals surface area contributed by atoms with Crippen molar-refractivity contribution in [2.75, 3.05) is 6.38 Å². The largest absolute Gasteiger partial charge is 0.201 e. The van der Waals surface area contributed by atoms with E-state index in [4.69, 9.17) is 0 Å². The molecule has 1 aromatic heterocycles. The van der Waals surface area contributed by atoms with Crippen LogP contribution in [0, 0.1) is 0 Å². The van der Waals surface area contributed by atoms with Crippen molar-refractivity contribution in [2.45, 2.75) is 0 Å². The predicted molar refractivity (Wildman–Crippen MR) is 33.9 cm³/mol. The highest BCUT2D eigenvalue weighted by molar-refractivity contribution is 7.03. The van der Waals surface area contributed by atoms with E-state index in [0.29, 0.717) is 0 Å². The Bertz CT molecular complexity index is 68.2. The van der Waals surface area contributed by atoms with Gasteiger partial charge in [0.15, 0.2) is 0 Å². The summed E-state index contributed by atoms with van der Waals surface area (Å²) in [6, 6.07) is 1.91. The van der Waals surface area contributed by atoms with Crippen LogP contribution < -0.4 is 0 Å². The van der Waals surface area contributed by atoms with E-state index >= 15 is 0 Å². The third-order valence-electron chi connectivity index (χ3n) is 0.347. The summed E-state index contributed by atoms with van der Waals surface area (Å²) >= 11 is 6.10. The summed E-state index contributed by atoms with van der Waals surface area (Å²) in [5.74, 6) is 0. The fraction of sp³-hybridized carbons (Fsp3) is 0.250. The number of aromatic nitrogens is 1. The normalized spacial score (nSPS) is 6.57. The molecule has 1 rings (SSSR count). The van der Waals surface area contributed by atoms with Crippen LogP contribution in [0.1, 0.15) is 0 Å². The van der Waals surface area contributed by atoms with E-state index in [0.717, 1.165) is 0 Å². The molecule has 3 heteroatoms. The van der Waals surface area contributed by atoms with Crippen molar-refractivity contribution in [3.05, 3.63) is 17.6 Å². The maximum Gasteiger partial charge on any atom is 0.0406 e. The van der Waals surface area contributed by atoms with E-state index in [1.807, 2.05) is 11.4 Å². The molecule has 0 saturated carbocycles. The first-order valence-corrected chi connectivity index (χ1v) is 3.31. The standard InChI is InChI=1S/C3H3NS.CH3Cl/c1-2-4-5-3-1;1-2/h1-3H;1H3. The van der Waals surface area contributed by atoms with Crippen LogP contribution in [0.2, 0.25) is 0 Å². The zero-order valence-electron chi connectivity index (χ0n) is 3.97. The summed E-state index contributed by atoms with van der Waals surface area (Å²) in [5.41, 5.74) is 0. The first kappa shape index (κ1) is 6.92. The molecule has 0 bridgehead atoms. The van der Waals surface area contributed by atoms with Crippen molar-refractivity contribution < 1.29 is 0 Å². The molecule has 0 atom stereocenters. The van der Waals surface area contributed by atoms with Gasteiger partial charge in [-0.25, -0.2) is 4.37 Å². The molecule has 0 N–H and O–H groups in total. The molecule has 0 radical (unpaired) electrons. The van der Waals surface area contributed by atoms with Crippen molar-refractivity contribution in [1.82, 2.24) is 4.37 Å². The van der Waals surface area contributed by atoms with Crippen LogP contribution in [-0.4, -0.2) is 10.8 Å². The molecule has 0 aromatic carbocycles. The Morgan fingerprint density at radius 1 is 1.57 bits per heavy atom. The maximum absolute atomic E-state index is 4.64. The van der Waals surface area contributed by atoms with Gasteiger partial charge >= 0.3 is 0 Å². The van der Waals surface area contributed by atoms with Gasteiger partial charge in [-0.05, 0) is 17.6 Å². The second-order valence-corrected chi connectivity index (χ2v) is 1.38. The quantitative estimate of drug-likeness (QED) is 0.496. The molecular weight excluding hydrogens is 130 g/mol. The van der Waals surface area contributed by atoms with Crippen molar-refractivity contribution in [2.24, 2.45) is 0 Å². The Morgan fingerprint density at radius 3 is 2.43 bits per heavy atom. The summed E-state index contributed by atoms with van der Waals surface area (Å²) < 4.78 is 3.76. The van der Waals surface area contributed by atoms with Crippen LogP contribution in [0.5, 0.6) is 0 Å². The minimum Gasteiger partial charge on any atom is -0.201 e. The summed E-state index contributed by atoms with van der Waals surface area (Å²) in [7, 11) is 0. The number of alkyl halides is 1. The Morgan fingerprint density at radius 2 is 2.29 bits per heavy atom. The average Bonchev–Trinajstić information content (AvgIpc) is 2.23. The number of hydrogen-bond donors (Lipinski definition) is 0. The first-order valence-electron chi connectivity index (χ1n) is 1.72. The molecule has 7 heavy (non-hydrogen) atoms. The molecule has 0 aliphatic rings. The molecule has 0 aliphatic heterocycles. The van der Waals surface area contributed by atoms with Gasteiger partial charge in [-0.15, -0.1) is 11.6 Å². The fourth-order valence-corrected chi connectivity index (χ4v) is 0.527. The van der Waals surface area contributed by atoms with Gasteiger partial charge in [0.2, 0.25) is 0 Å². The van der Waals surface area contributed by atoms with Gasteiger partial charge in [-0.1, -0.05) is 0 Å². The van der Waals surface area contributed by atoms with E-state index in [1.54, 1.807) is 6.20 Å². The van der Waals surface area contributed by atoms with Crippen LogP contribution in [-0.2, 0) is 0 Å². The minimum absolute atomic E-state index is 1.46. The van der Waals surface area contributed by atoms with E-state index < -0.39 is 0 Å². The lowest BCUT2D eigenvalue weighted by atomic mass is 10.8. The second-order valence-electron chi connectivity index (χ2n) is 0.688. The van der Waals surface area contributed by atoms with Gasteiger partial charge in [-0.3, -0.25) is 0 Å². The van der Waals surface area contributed by atoms with Crippen LogP contribution >= 0.6 is 23.1 Å². The summed E-state index contributed by atoms with van der Waals surface area (Å²) in [6.45, 7) is 0. The number of hydrogen-bond acceptors (Lipinski definition) is 2. The Hall–Kier alpha value is -0.0800. The lowest BCUT2D eigenvalue weighted by Gasteiger charge is -1.41. The molecule has 0 amide bonds. The molecule has 0 aliphatic carbocycles. The monoisotopic (exact) mass is 135 g/mol. The Kier molecular flexibility index (Phi) is 5.85. The number of nitrogens with zero attached hydrogens (tertiary/aromatic N) is 1. The summed E-state index contributed by atoms with van der Waals surface area (Å²) in [6.07, 6.45) is 3.24. The van der Waals surface area contributed by atoms with E-state index in [2.05, 4.69) is 16.0 Å². The van der Waals surface area contributed by atoms with Crippen molar-refractivity contribution in [3.8, 4) is 0 Å². The van der Waals surface area contributed by atoms with E-state index in [-0.39, 0.29) is 0 Å². The van der Waals surface area contributed by atoms with Gasteiger partial charge in [0.1, 0.15) is 0 Å². The third-order valence-corrected chi connectivity index (χ3v) is 0.869. The zero-order chi connectivity index (χ0) is 5.54. The second kappa shape index (κ2) is 5.92. The van der Waals surface area contributed by atoms with Gasteiger partial charge in [-0.2, -0.15) is 0 Å². The van der Waals surface area contributed by atoms with Crippen LogP contribution in [0.4, 0.5) is 0 Å². The number of halogens is 1. The lowest BCUT2D eigenvalue weighted by molar-refractivity contribution is 1.58. The van der Waals surface area contributed by atoms with E-state index in [9.17, 15) is 0 Å². The lowest BCUT2D eigenvalue weighted by Crippen LogP contribution is -1.32. The highest BCUT2D eigenvalue weighted by atomic mass is 35.5. The average molecular weight is 136 g/mol. The fourth-order valence-electron chi connectivity index (χ4n) is 0.176. The summed E-state index contributed by atoms with van der Waals surface area (Å²) in [4.78, 5) is 0. The van der Waals surface area contributed by atoms with Crippen molar-refractivity contribution >= 4 is 23.1 Å². The van der Waals surface area contributed by atoms with Crippen LogP contribution in [0.3, 0.4) is 0 Å². The van der Waals surface area contributed by atoms with Crippen molar-refractivity contribution in [1.29, 1.82) is 0 Å². The molecule has 0 unspecified atom stereocenters. The van der Waals surface area contributed by atoms with Gasteiger partial charge in [0, 0.05) is 18.0 Å². The predicted octanol–water partition coefficient (Wildman–Crippen LogP) is 2.00. The van der Waals surface area contributed by atoms with Crippen molar-refractivity contribution in [3.63, 3.8) is 0 Å². The van der Waals surface area contributed by atoms with E-state index in [1.165, 1.54) is 17.9 Å². The van der Waals surface area contributed by atoms with Gasteiger partial charge < -0.3 is 0 Å². The number of rotatable bonds is 0. The zero-order valence-corrected chi connectivity index (χ0v) is 5.54. The Balaban J connectivity index is 0.000000162. The molecule has 0 saturated heterocycles. The van der Waals surface area contributed by atoms with Crippen LogP contribution in [0.15, 0.2) is 17.6 Å². The van der Waals surface area contributed by atoms with Gasteiger partial charge in [0.05, 0.1) is 0 Å². The van der Waals surface area contributed by atoms with Gasteiger partial charge in [0.25, 0.3) is 0 Å². The SMILES string of the molecule is CCl.c1cnsc1. The molecule has 0 fully saturated rings. The highest BCUT2D eigenvalue weighted by Gasteiger charge is 1.59. The highest BCUT2D eigenvalue weighted by Crippen LogP contribution is 1.83. The molecule has 1 aromatic rings. The Labute approximate surface area is 52.1 Å². The minimum atomic E-state index is 1.46. The summed E-state index contributed by atoms with van der Waals surface area (Å²) in [5, 5.41) is 1.93. The molecule has 0 spiro atoms. The first-order chi connectivity index (χ1) is 3.50.